The number of aromatic nitrogens is 1. The van der Waals surface area contributed by atoms with Gasteiger partial charge in [0.25, 0.3) is 5.91 Å². The number of carbonyl (C=O) groups excluding carboxylic acids is 1. The molecule has 2 atom stereocenters. The first-order valence-electron chi connectivity index (χ1n) is 8.03. The Balaban J connectivity index is 1.65. The lowest BCUT2D eigenvalue weighted by atomic mass is 10.0. The summed E-state index contributed by atoms with van der Waals surface area (Å²) in [6.07, 6.45) is -0.708. The van der Waals surface area contributed by atoms with Gasteiger partial charge in [0.15, 0.2) is 0 Å². The molecular formula is C18H19ClN2O4. The topological polar surface area (TPSA) is 82.6 Å². The molecule has 25 heavy (non-hydrogen) atoms. The third-order valence-electron chi connectivity index (χ3n) is 4.13. The van der Waals surface area contributed by atoms with Gasteiger partial charge in [-0.2, -0.15) is 0 Å². The summed E-state index contributed by atoms with van der Waals surface area (Å²) in [4.78, 5) is 28.2. The third kappa shape index (κ3) is 4.21. The van der Waals surface area contributed by atoms with Crippen LogP contribution < -0.4 is 10.3 Å². The highest BCUT2D eigenvalue weighted by molar-refractivity contribution is 6.30. The minimum Gasteiger partial charge on any atom is -0.488 e. The van der Waals surface area contributed by atoms with Crippen molar-refractivity contribution in [2.24, 2.45) is 0 Å². The molecule has 132 valence electrons. The van der Waals surface area contributed by atoms with Crippen LogP contribution in [0.2, 0.25) is 5.02 Å². The Labute approximate surface area is 150 Å². The quantitative estimate of drug-likeness (QED) is 0.874. The number of piperidine rings is 1. The number of amides is 1. The molecule has 1 saturated heterocycles. The van der Waals surface area contributed by atoms with E-state index in [4.69, 9.17) is 16.3 Å². The van der Waals surface area contributed by atoms with Gasteiger partial charge in [-0.3, -0.25) is 9.59 Å². The summed E-state index contributed by atoms with van der Waals surface area (Å²) in [5.74, 6) is 0.358. The maximum absolute atomic E-state index is 12.6. The number of β-amino-alcohol motifs (C(OH)–C–C–N with tert-alkyl or cyclic N) is 1. The van der Waals surface area contributed by atoms with E-state index in [0.29, 0.717) is 35.0 Å². The van der Waals surface area contributed by atoms with E-state index in [0.717, 1.165) is 0 Å². The van der Waals surface area contributed by atoms with Crippen molar-refractivity contribution in [1.29, 1.82) is 0 Å². The lowest BCUT2D eigenvalue weighted by molar-refractivity contribution is -0.0199. The number of ether oxygens (including phenoxy) is 1. The smallest absolute Gasteiger partial charge is 0.254 e. The number of aromatic amines is 1. The zero-order chi connectivity index (χ0) is 18.0. The summed E-state index contributed by atoms with van der Waals surface area (Å²) in [7, 11) is 0. The van der Waals surface area contributed by atoms with Gasteiger partial charge in [0.05, 0.1) is 6.54 Å². The van der Waals surface area contributed by atoms with Gasteiger partial charge in [-0.05, 0) is 37.3 Å². The van der Waals surface area contributed by atoms with Crippen molar-refractivity contribution in [3.8, 4) is 5.75 Å². The van der Waals surface area contributed by atoms with E-state index < -0.39 is 12.2 Å². The number of aryl methyl sites for hydroxylation is 1. The summed E-state index contributed by atoms with van der Waals surface area (Å²) < 4.78 is 5.79. The number of aliphatic hydroxyl groups excluding tert-OH is 1. The summed E-state index contributed by atoms with van der Waals surface area (Å²) in [5, 5.41) is 11.0. The van der Waals surface area contributed by atoms with E-state index in [1.165, 1.54) is 6.07 Å². The van der Waals surface area contributed by atoms with Crippen LogP contribution in [0, 0.1) is 6.92 Å². The molecule has 3 rings (SSSR count). The Morgan fingerprint density at radius 3 is 2.68 bits per heavy atom. The summed E-state index contributed by atoms with van der Waals surface area (Å²) in [6, 6.07) is 9.83. The first kappa shape index (κ1) is 17.5. The van der Waals surface area contributed by atoms with Crippen LogP contribution in [0.5, 0.6) is 5.75 Å². The van der Waals surface area contributed by atoms with Gasteiger partial charge in [-0.15, -0.1) is 0 Å². The number of nitrogens with zero attached hydrogens (tertiary/aromatic N) is 1. The number of hydrogen-bond donors (Lipinski definition) is 2. The SMILES string of the molecule is Cc1cc(C(=O)N2CC[C@@H](Oc3ccc(Cl)cc3)[C@H](O)C2)cc(=O)[nH]1. The maximum atomic E-state index is 12.6. The van der Waals surface area contributed by atoms with Crippen LogP contribution in [0.4, 0.5) is 0 Å². The molecule has 1 aliphatic heterocycles. The normalized spacial score (nSPS) is 20.4. The van der Waals surface area contributed by atoms with Gasteiger partial charge in [0.2, 0.25) is 5.56 Å². The van der Waals surface area contributed by atoms with Crippen LogP contribution in [0.15, 0.2) is 41.2 Å². The lowest BCUT2D eigenvalue weighted by Crippen LogP contribution is -2.51. The fourth-order valence-electron chi connectivity index (χ4n) is 2.91. The second kappa shape index (κ2) is 7.29. The van der Waals surface area contributed by atoms with E-state index in [2.05, 4.69) is 4.98 Å². The zero-order valence-corrected chi connectivity index (χ0v) is 14.5. The Kier molecular flexibility index (Phi) is 5.11. The van der Waals surface area contributed by atoms with Crippen molar-refractivity contribution in [2.75, 3.05) is 13.1 Å². The second-order valence-electron chi connectivity index (χ2n) is 6.13. The van der Waals surface area contributed by atoms with Gasteiger partial charge < -0.3 is 19.7 Å². The molecule has 1 aromatic carbocycles. The van der Waals surface area contributed by atoms with Crippen LogP contribution in [-0.4, -0.2) is 46.2 Å². The first-order chi connectivity index (χ1) is 11.9. The number of halogens is 1. The van der Waals surface area contributed by atoms with Gasteiger partial charge in [-0.25, -0.2) is 0 Å². The molecule has 0 unspecified atom stereocenters. The molecule has 1 aromatic heterocycles. The van der Waals surface area contributed by atoms with Gasteiger partial charge in [0.1, 0.15) is 18.0 Å². The predicted octanol–water partition coefficient (Wildman–Crippen LogP) is 1.99. The molecule has 1 fully saturated rings. The number of rotatable bonds is 3. The highest BCUT2D eigenvalue weighted by Gasteiger charge is 2.32. The molecule has 1 aliphatic rings. The van der Waals surface area contributed by atoms with Gasteiger partial charge in [0, 0.05) is 35.3 Å². The monoisotopic (exact) mass is 362 g/mol. The fourth-order valence-corrected chi connectivity index (χ4v) is 3.03. The highest BCUT2D eigenvalue weighted by Crippen LogP contribution is 2.22. The number of likely N-dealkylation sites (tertiary alicyclic amines) is 1. The van der Waals surface area contributed by atoms with Crippen molar-refractivity contribution < 1.29 is 14.6 Å². The van der Waals surface area contributed by atoms with Crippen LogP contribution in [0.25, 0.3) is 0 Å². The number of nitrogens with one attached hydrogen (secondary N) is 1. The van der Waals surface area contributed by atoms with Gasteiger partial charge >= 0.3 is 0 Å². The van der Waals surface area contributed by atoms with Crippen LogP contribution in [0.1, 0.15) is 22.5 Å². The molecule has 1 amide bonds. The van der Waals surface area contributed by atoms with E-state index in [9.17, 15) is 14.7 Å². The van der Waals surface area contributed by atoms with Crippen LogP contribution in [-0.2, 0) is 0 Å². The third-order valence-corrected chi connectivity index (χ3v) is 4.39. The van der Waals surface area contributed by atoms with Crippen molar-refractivity contribution in [2.45, 2.75) is 25.6 Å². The van der Waals surface area contributed by atoms with Crippen molar-refractivity contribution in [1.82, 2.24) is 9.88 Å². The molecule has 7 heteroatoms. The first-order valence-corrected chi connectivity index (χ1v) is 8.41. The van der Waals surface area contributed by atoms with Crippen molar-refractivity contribution in [3.63, 3.8) is 0 Å². The summed E-state index contributed by atoms with van der Waals surface area (Å²) in [5.41, 5.74) is 0.632. The van der Waals surface area contributed by atoms with E-state index >= 15 is 0 Å². The Morgan fingerprint density at radius 2 is 2.04 bits per heavy atom. The van der Waals surface area contributed by atoms with Crippen LogP contribution >= 0.6 is 11.6 Å². The average molecular weight is 363 g/mol. The number of hydrogen-bond acceptors (Lipinski definition) is 4. The molecule has 2 N–H and O–H groups in total. The lowest BCUT2D eigenvalue weighted by Gasteiger charge is -2.36. The molecule has 6 nitrogen and oxygen atoms in total. The molecule has 2 aromatic rings. The Morgan fingerprint density at radius 1 is 1.32 bits per heavy atom. The van der Waals surface area contributed by atoms with E-state index in [-0.39, 0.29) is 18.0 Å². The van der Waals surface area contributed by atoms with Crippen molar-refractivity contribution in [3.05, 3.63) is 63.0 Å². The fraction of sp³-hybridized carbons (Fsp3) is 0.333. The predicted molar refractivity (Wildman–Crippen MR) is 94.2 cm³/mol. The Hall–Kier alpha value is -2.31. The van der Waals surface area contributed by atoms with E-state index in [1.807, 2.05) is 0 Å². The van der Waals surface area contributed by atoms with Gasteiger partial charge in [-0.1, -0.05) is 11.6 Å². The van der Waals surface area contributed by atoms with E-state index in [1.54, 1.807) is 42.2 Å². The van der Waals surface area contributed by atoms with Crippen LogP contribution in [0.3, 0.4) is 0 Å². The zero-order valence-electron chi connectivity index (χ0n) is 13.7. The number of aliphatic hydroxyl groups is 1. The number of pyridine rings is 1. The minimum absolute atomic E-state index is 0.156. The highest BCUT2D eigenvalue weighted by atomic mass is 35.5. The Bertz CT molecular complexity index is 819. The summed E-state index contributed by atoms with van der Waals surface area (Å²) >= 11 is 5.84. The molecular weight excluding hydrogens is 344 g/mol. The average Bonchev–Trinajstić information content (AvgIpc) is 2.57. The summed E-state index contributed by atoms with van der Waals surface area (Å²) in [6.45, 7) is 2.32. The second-order valence-corrected chi connectivity index (χ2v) is 6.57. The molecule has 0 aliphatic carbocycles. The largest absolute Gasteiger partial charge is 0.488 e. The number of H-pyrrole nitrogens is 1. The molecule has 0 radical (unpaired) electrons. The molecule has 0 spiro atoms. The standard InChI is InChI=1S/C18H19ClN2O4/c1-11-8-12(9-17(23)20-11)18(24)21-7-6-16(15(22)10-21)25-14-4-2-13(19)3-5-14/h2-5,8-9,15-16,22H,6-7,10H2,1H3,(H,20,23)/t15-,16-/m1/s1. The molecule has 0 bridgehead atoms. The minimum atomic E-state index is -0.809. The number of benzene rings is 1. The molecule has 2 heterocycles. The van der Waals surface area contributed by atoms with Crippen molar-refractivity contribution >= 4 is 17.5 Å². The number of carbonyl (C=O) groups is 1. The maximum Gasteiger partial charge on any atom is 0.254 e. The molecule has 0 saturated carbocycles.